The molecule has 0 saturated carbocycles. The number of fused-ring (bicyclic) bond motifs is 5. The van der Waals surface area contributed by atoms with Gasteiger partial charge >= 0.3 is 12.1 Å². The van der Waals surface area contributed by atoms with Crippen LogP contribution in [-0.4, -0.2) is 45.2 Å². The summed E-state index contributed by atoms with van der Waals surface area (Å²) in [5.74, 6) is 1.12. The number of aromatic nitrogens is 3. The van der Waals surface area contributed by atoms with Gasteiger partial charge in [0.1, 0.15) is 29.9 Å². The number of esters is 1. The molecule has 1 unspecified atom stereocenters. The van der Waals surface area contributed by atoms with Gasteiger partial charge in [0, 0.05) is 46.1 Å². The van der Waals surface area contributed by atoms with Gasteiger partial charge in [0.05, 0.1) is 17.4 Å². The Morgan fingerprint density at radius 1 is 1.00 bits per heavy atom. The Bertz CT molecular complexity index is 2850. The van der Waals surface area contributed by atoms with Crippen LogP contribution in [0.25, 0.3) is 33.8 Å². The Kier molecular flexibility index (Phi) is 9.01. The van der Waals surface area contributed by atoms with Crippen LogP contribution in [-0.2, 0) is 32.8 Å². The zero-order valence-electron chi connectivity index (χ0n) is 32.5. The van der Waals surface area contributed by atoms with Gasteiger partial charge in [0.25, 0.3) is 0 Å². The maximum absolute atomic E-state index is 14.3. The molecular weight excluding hydrogens is 832 g/mol. The number of nitrogens with one attached hydrogen (secondary N) is 4. The topological polar surface area (TPSA) is 183 Å². The fourth-order valence-electron chi connectivity index (χ4n) is 8.47. The van der Waals surface area contributed by atoms with Crippen molar-refractivity contribution in [2.24, 2.45) is 5.92 Å². The van der Waals surface area contributed by atoms with Gasteiger partial charge in [0.2, 0.25) is 17.7 Å². The van der Waals surface area contributed by atoms with Crippen molar-refractivity contribution in [3.8, 4) is 34.4 Å². The Morgan fingerprint density at radius 3 is 2.65 bits per heavy atom. The molecule has 15 heteroatoms. The summed E-state index contributed by atoms with van der Waals surface area (Å²) in [5, 5.41) is 10.3. The Hall–Kier alpha value is -6.87. The van der Waals surface area contributed by atoms with E-state index in [0.29, 0.717) is 39.8 Å². The van der Waals surface area contributed by atoms with Gasteiger partial charge in [-0.1, -0.05) is 80.6 Å². The van der Waals surface area contributed by atoms with Crippen LogP contribution in [0.3, 0.4) is 0 Å². The molecule has 6 heterocycles. The van der Waals surface area contributed by atoms with Crippen LogP contribution in [0, 0.1) is 5.92 Å². The van der Waals surface area contributed by atoms with Crippen molar-refractivity contribution in [1.82, 2.24) is 25.6 Å². The molecule has 3 aliphatic heterocycles. The minimum atomic E-state index is -1.12. The molecular formula is C45H37BrN6O8. The summed E-state index contributed by atoms with van der Waals surface area (Å²) in [4.78, 5) is 52.6. The molecule has 14 nitrogen and oxygen atoms in total. The standard InChI is InChI=1S/C45H37BrN6O8/c1-22(2)35-42-51-38(41-48-20-34(58-41)27-19-47-36-26(27)11-7-14-33(36)57-23(3)53)39(60-42)45-28-12-8-13-30(46)37(28)52-43(45)59-32-16-15-25(17-29(32)45)18-31(40(54)50-35)49-44(55)56-21-24-9-5-4-6-10-24/h4-17,19-20,22,31,35,43,47,52H,18,21H2,1-3H3,(H,49,55)(H,50,54)/t31-,35-,43-,45?/m0/s1. The van der Waals surface area contributed by atoms with Crippen molar-refractivity contribution in [2.75, 3.05) is 5.32 Å². The Morgan fingerprint density at radius 2 is 1.83 bits per heavy atom. The molecule has 3 aromatic heterocycles. The number of oxazole rings is 2. The van der Waals surface area contributed by atoms with Gasteiger partial charge < -0.3 is 44.0 Å². The maximum Gasteiger partial charge on any atom is 0.408 e. The number of carbonyl (C=O) groups is 3. The maximum atomic E-state index is 14.3. The van der Waals surface area contributed by atoms with Crippen LogP contribution in [0.5, 0.6) is 11.5 Å². The van der Waals surface area contributed by atoms with Gasteiger partial charge in [0.15, 0.2) is 29.2 Å². The number of nitrogens with zero attached hydrogens (tertiary/aromatic N) is 2. The van der Waals surface area contributed by atoms with E-state index in [1.807, 2.05) is 86.6 Å². The summed E-state index contributed by atoms with van der Waals surface area (Å²) in [7, 11) is 0. The molecule has 0 saturated heterocycles. The zero-order valence-corrected chi connectivity index (χ0v) is 34.1. The predicted molar refractivity (Wildman–Crippen MR) is 222 cm³/mol. The monoisotopic (exact) mass is 868 g/mol. The number of hydrogen-bond donors (Lipinski definition) is 4. The number of halogens is 1. The highest BCUT2D eigenvalue weighted by atomic mass is 79.9. The van der Waals surface area contributed by atoms with E-state index in [2.05, 4.69) is 36.9 Å². The van der Waals surface area contributed by atoms with E-state index >= 15 is 0 Å². The number of carbonyl (C=O) groups excluding carboxylic acids is 3. The number of rotatable bonds is 7. The number of aromatic amines is 1. The van der Waals surface area contributed by atoms with Crippen molar-refractivity contribution < 1.29 is 37.4 Å². The summed E-state index contributed by atoms with van der Waals surface area (Å²) in [6.07, 6.45) is 2.11. The predicted octanol–water partition coefficient (Wildman–Crippen LogP) is 8.31. The Balaban J connectivity index is 1.12. The lowest BCUT2D eigenvalue weighted by molar-refractivity contribution is -0.131. The normalized spacial score (nSPS) is 19.9. The van der Waals surface area contributed by atoms with Crippen LogP contribution in [0.4, 0.5) is 10.5 Å². The van der Waals surface area contributed by atoms with Crippen LogP contribution in [0.2, 0.25) is 0 Å². The second kappa shape index (κ2) is 14.4. The van der Waals surface area contributed by atoms with E-state index in [0.717, 1.165) is 37.8 Å². The van der Waals surface area contributed by atoms with Gasteiger partial charge in [-0.2, -0.15) is 0 Å². The summed E-state index contributed by atoms with van der Waals surface area (Å²) in [5.41, 5.74) is 4.54. The third-order valence-electron chi connectivity index (χ3n) is 11.2. The molecule has 60 heavy (non-hydrogen) atoms. The molecule has 4 atom stereocenters. The summed E-state index contributed by atoms with van der Waals surface area (Å²) in [6, 6.07) is 24.6. The molecule has 2 amide bonds. The second-order valence-corrected chi connectivity index (χ2v) is 16.2. The molecule has 7 aromatic rings. The zero-order chi connectivity index (χ0) is 41.3. The van der Waals surface area contributed by atoms with Crippen molar-refractivity contribution in [2.45, 2.75) is 57.5 Å². The van der Waals surface area contributed by atoms with Crippen molar-refractivity contribution in [3.05, 3.63) is 136 Å². The van der Waals surface area contributed by atoms with Crippen LogP contribution < -0.4 is 25.4 Å². The number of hydrogen-bond acceptors (Lipinski definition) is 11. The first-order valence-electron chi connectivity index (χ1n) is 19.5. The van der Waals surface area contributed by atoms with Crippen LogP contribution in [0.1, 0.15) is 60.7 Å². The quantitative estimate of drug-likeness (QED) is 0.0893. The van der Waals surface area contributed by atoms with Gasteiger partial charge in [-0.3, -0.25) is 9.59 Å². The summed E-state index contributed by atoms with van der Waals surface area (Å²) in [6.45, 7) is 5.29. The van der Waals surface area contributed by atoms with E-state index in [1.165, 1.54) is 6.92 Å². The molecule has 0 aliphatic carbocycles. The highest BCUT2D eigenvalue weighted by Gasteiger charge is 2.61. The lowest BCUT2D eigenvalue weighted by Gasteiger charge is -2.28. The van der Waals surface area contributed by atoms with Crippen LogP contribution >= 0.6 is 15.9 Å². The number of H-pyrrole nitrogens is 1. The fourth-order valence-corrected chi connectivity index (χ4v) is 8.95. The number of ether oxygens (including phenoxy) is 3. The van der Waals surface area contributed by atoms with Crippen molar-refractivity contribution in [3.63, 3.8) is 0 Å². The third-order valence-corrected chi connectivity index (χ3v) is 11.9. The molecule has 302 valence electrons. The average Bonchev–Trinajstić information content (AvgIpc) is 4.06. The second-order valence-electron chi connectivity index (χ2n) is 15.4. The third kappa shape index (κ3) is 6.10. The lowest BCUT2D eigenvalue weighted by atomic mass is 9.72. The van der Waals surface area contributed by atoms with Crippen molar-refractivity contribution in [1.29, 1.82) is 0 Å². The molecule has 1 spiro atoms. The largest absolute Gasteiger partial charge is 0.469 e. The number of amides is 2. The molecule has 3 aliphatic rings. The van der Waals surface area contributed by atoms with E-state index in [9.17, 15) is 14.4 Å². The highest BCUT2D eigenvalue weighted by Crippen LogP contribution is 2.60. The van der Waals surface area contributed by atoms with Gasteiger partial charge in [-0.25, -0.2) is 14.8 Å². The van der Waals surface area contributed by atoms with E-state index in [4.69, 9.17) is 33.0 Å². The van der Waals surface area contributed by atoms with Crippen LogP contribution in [0.15, 0.2) is 111 Å². The molecule has 4 bridgehead atoms. The molecule has 10 rings (SSSR count). The molecule has 4 aromatic carbocycles. The summed E-state index contributed by atoms with van der Waals surface area (Å²) < 4.78 is 32.2. The van der Waals surface area contributed by atoms with Gasteiger partial charge in [-0.05, 0) is 51.2 Å². The minimum Gasteiger partial charge on any atom is -0.469 e. The number of alkyl carbamates (subject to hydrolysis) is 1. The number of anilines is 1. The SMILES string of the molecule is CC(=O)Oc1cccc2c(-c3cnc(-c4nc5oc4C46c7cc(ccc7O[C@@H]4Nc4c(Br)cccc46)C[C@H](NC(=O)OCc4ccccc4)C(=O)N[C@H]5C(C)C)o3)c[nH]c12. The summed E-state index contributed by atoms with van der Waals surface area (Å²) >= 11 is 3.75. The number of benzene rings is 4. The lowest BCUT2D eigenvalue weighted by Crippen LogP contribution is -2.49. The molecule has 4 N–H and O–H groups in total. The first-order valence-corrected chi connectivity index (χ1v) is 20.3. The smallest absolute Gasteiger partial charge is 0.408 e. The van der Waals surface area contributed by atoms with E-state index in [1.54, 1.807) is 24.5 Å². The minimum absolute atomic E-state index is 0.0394. The fraction of sp³-hybridized carbons (Fsp3) is 0.222. The first-order chi connectivity index (χ1) is 29.1. The van der Waals surface area contributed by atoms with Gasteiger partial charge in [-0.15, -0.1) is 0 Å². The number of para-hydroxylation sites is 2. The molecule has 0 radical (unpaired) electrons. The average molecular weight is 870 g/mol. The Labute approximate surface area is 351 Å². The van der Waals surface area contributed by atoms with E-state index < -0.39 is 41.7 Å². The molecule has 0 fully saturated rings. The van der Waals surface area contributed by atoms with E-state index in [-0.39, 0.29) is 30.7 Å². The highest BCUT2D eigenvalue weighted by molar-refractivity contribution is 9.10. The van der Waals surface area contributed by atoms with Crippen molar-refractivity contribution >= 4 is 50.5 Å². The first kappa shape index (κ1) is 37.4.